The number of carbonyl (C=O) groups is 1. The monoisotopic (exact) mass is 392 g/mol. The van der Waals surface area contributed by atoms with E-state index in [4.69, 9.17) is 20.8 Å². The maximum atomic E-state index is 12.3. The molecule has 0 saturated heterocycles. The predicted molar refractivity (Wildman–Crippen MR) is 110 cm³/mol. The van der Waals surface area contributed by atoms with Crippen molar-refractivity contribution in [1.29, 1.82) is 0 Å². The van der Waals surface area contributed by atoms with Crippen LogP contribution in [0.4, 0.5) is 5.69 Å². The molecule has 0 radical (unpaired) electrons. The Hall–Kier alpha value is -3.31. The lowest BCUT2D eigenvalue weighted by Gasteiger charge is -2.10. The van der Waals surface area contributed by atoms with Crippen LogP contribution in [-0.2, 0) is 4.79 Å². The summed E-state index contributed by atoms with van der Waals surface area (Å²) in [5, 5.41) is 3.30. The Balaban J connectivity index is 1.50. The topological polar surface area (TPSA) is 64.4 Å². The standard InChI is InChI=1S/C22H17ClN2O3/c1-14-6-2-4-8-19(14)27-13-21(26)24-15-10-11-17(23)16(12-15)22-25-18-7-3-5-9-20(18)28-22/h2-12H,13H2,1H3,(H,24,26). The minimum absolute atomic E-state index is 0.0916. The Morgan fingerprint density at radius 1 is 1.11 bits per heavy atom. The highest BCUT2D eigenvalue weighted by Gasteiger charge is 2.13. The lowest BCUT2D eigenvalue weighted by molar-refractivity contribution is -0.118. The van der Waals surface area contributed by atoms with E-state index in [9.17, 15) is 4.79 Å². The summed E-state index contributed by atoms with van der Waals surface area (Å²) in [6.45, 7) is 1.84. The molecule has 3 aromatic carbocycles. The number of hydrogen-bond acceptors (Lipinski definition) is 4. The van der Waals surface area contributed by atoms with E-state index in [1.807, 2.05) is 55.5 Å². The van der Waals surface area contributed by atoms with Crippen molar-refractivity contribution in [2.45, 2.75) is 6.92 Å². The Morgan fingerprint density at radius 3 is 2.71 bits per heavy atom. The zero-order valence-electron chi connectivity index (χ0n) is 15.1. The molecule has 0 saturated carbocycles. The molecule has 0 fully saturated rings. The van der Waals surface area contributed by atoms with Gasteiger partial charge < -0.3 is 14.5 Å². The molecule has 0 aliphatic rings. The fourth-order valence-electron chi connectivity index (χ4n) is 2.81. The Labute approximate surface area is 166 Å². The molecule has 6 heteroatoms. The average Bonchev–Trinajstić information content (AvgIpc) is 3.13. The van der Waals surface area contributed by atoms with Crippen molar-refractivity contribution in [1.82, 2.24) is 4.98 Å². The number of rotatable bonds is 5. The molecule has 1 N–H and O–H groups in total. The van der Waals surface area contributed by atoms with Crippen molar-refractivity contribution in [3.63, 3.8) is 0 Å². The number of hydrogen-bond donors (Lipinski definition) is 1. The van der Waals surface area contributed by atoms with Crippen LogP contribution in [0.15, 0.2) is 71.1 Å². The van der Waals surface area contributed by atoms with Gasteiger partial charge in [0.1, 0.15) is 11.3 Å². The number of aryl methyl sites for hydroxylation is 1. The average molecular weight is 393 g/mol. The number of nitrogens with one attached hydrogen (secondary N) is 1. The van der Waals surface area contributed by atoms with Gasteiger partial charge in [-0.25, -0.2) is 4.98 Å². The van der Waals surface area contributed by atoms with Gasteiger partial charge in [0.25, 0.3) is 5.91 Å². The van der Waals surface area contributed by atoms with Gasteiger partial charge in [0.2, 0.25) is 5.89 Å². The van der Waals surface area contributed by atoms with Crippen LogP contribution in [0.5, 0.6) is 5.75 Å². The van der Waals surface area contributed by atoms with E-state index in [0.717, 1.165) is 11.1 Å². The Kier molecular flexibility index (Phi) is 5.00. The van der Waals surface area contributed by atoms with E-state index in [1.165, 1.54) is 0 Å². The second kappa shape index (κ2) is 7.74. The van der Waals surface area contributed by atoms with E-state index in [-0.39, 0.29) is 12.5 Å². The zero-order chi connectivity index (χ0) is 19.5. The molecule has 4 aromatic rings. The molecule has 0 aliphatic heterocycles. The van der Waals surface area contributed by atoms with E-state index < -0.39 is 0 Å². The van der Waals surface area contributed by atoms with E-state index >= 15 is 0 Å². The molecular formula is C22H17ClN2O3. The Bertz CT molecular complexity index is 1120. The maximum Gasteiger partial charge on any atom is 0.262 e. The number of oxazole rings is 1. The number of amides is 1. The van der Waals surface area contributed by atoms with Gasteiger partial charge in [-0.3, -0.25) is 4.79 Å². The van der Waals surface area contributed by atoms with Crippen LogP contribution in [0.2, 0.25) is 5.02 Å². The highest BCUT2D eigenvalue weighted by Crippen LogP contribution is 2.32. The van der Waals surface area contributed by atoms with Crippen LogP contribution in [-0.4, -0.2) is 17.5 Å². The van der Waals surface area contributed by atoms with Gasteiger partial charge in [-0.1, -0.05) is 41.9 Å². The van der Waals surface area contributed by atoms with E-state index in [0.29, 0.717) is 33.5 Å². The third-order valence-corrected chi connectivity index (χ3v) is 4.56. The molecule has 4 rings (SSSR count). The minimum Gasteiger partial charge on any atom is -0.483 e. The maximum absolute atomic E-state index is 12.3. The summed E-state index contributed by atoms with van der Waals surface area (Å²) >= 11 is 6.32. The molecule has 0 unspecified atom stereocenters. The zero-order valence-corrected chi connectivity index (χ0v) is 15.9. The highest BCUT2D eigenvalue weighted by atomic mass is 35.5. The molecule has 1 heterocycles. The number of halogens is 1. The predicted octanol–water partition coefficient (Wildman–Crippen LogP) is 5.47. The molecular weight excluding hydrogens is 376 g/mol. The first-order valence-corrected chi connectivity index (χ1v) is 9.12. The second-order valence-electron chi connectivity index (χ2n) is 6.28. The van der Waals surface area contributed by atoms with E-state index in [1.54, 1.807) is 18.2 Å². The van der Waals surface area contributed by atoms with Crippen LogP contribution in [0.3, 0.4) is 0 Å². The lowest BCUT2D eigenvalue weighted by Crippen LogP contribution is -2.20. The van der Waals surface area contributed by atoms with Crippen molar-refractivity contribution >= 4 is 34.3 Å². The molecule has 28 heavy (non-hydrogen) atoms. The molecule has 1 aromatic heterocycles. The summed E-state index contributed by atoms with van der Waals surface area (Å²) in [5.41, 5.74) is 3.58. The number of anilines is 1. The second-order valence-corrected chi connectivity index (χ2v) is 6.69. The van der Waals surface area contributed by atoms with Gasteiger partial charge in [0.15, 0.2) is 12.2 Å². The van der Waals surface area contributed by atoms with Gasteiger partial charge >= 0.3 is 0 Å². The largest absolute Gasteiger partial charge is 0.483 e. The molecule has 0 atom stereocenters. The third-order valence-electron chi connectivity index (χ3n) is 4.23. The van der Waals surface area contributed by atoms with Crippen LogP contribution in [0.25, 0.3) is 22.6 Å². The molecule has 1 amide bonds. The lowest BCUT2D eigenvalue weighted by atomic mass is 10.2. The van der Waals surface area contributed by atoms with Gasteiger partial charge in [-0.05, 0) is 48.9 Å². The number of para-hydroxylation sites is 3. The summed E-state index contributed by atoms with van der Waals surface area (Å²) in [7, 11) is 0. The fraction of sp³-hybridized carbons (Fsp3) is 0.0909. The summed E-state index contributed by atoms with van der Waals surface area (Å²) < 4.78 is 11.4. The first kappa shape index (κ1) is 18.1. The number of nitrogens with zero attached hydrogens (tertiary/aromatic N) is 1. The van der Waals surface area contributed by atoms with Crippen molar-refractivity contribution in [3.05, 3.63) is 77.3 Å². The van der Waals surface area contributed by atoms with Crippen LogP contribution < -0.4 is 10.1 Å². The van der Waals surface area contributed by atoms with Crippen LogP contribution in [0.1, 0.15) is 5.56 Å². The van der Waals surface area contributed by atoms with Crippen molar-refractivity contribution in [3.8, 4) is 17.2 Å². The van der Waals surface area contributed by atoms with Gasteiger partial charge in [-0.2, -0.15) is 0 Å². The normalized spacial score (nSPS) is 10.8. The fourth-order valence-corrected chi connectivity index (χ4v) is 3.01. The molecule has 140 valence electrons. The van der Waals surface area contributed by atoms with Crippen molar-refractivity contribution in [2.75, 3.05) is 11.9 Å². The molecule has 5 nitrogen and oxygen atoms in total. The van der Waals surface area contributed by atoms with Gasteiger partial charge in [-0.15, -0.1) is 0 Å². The van der Waals surface area contributed by atoms with Crippen LogP contribution >= 0.6 is 11.6 Å². The van der Waals surface area contributed by atoms with Gasteiger partial charge in [0, 0.05) is 5.69 Å². The van der Waals surface area contributed by atoms with Crippen molar-refractivity contribution < 1.29 is 13.9 Å². The number of ether oxygens (including phenoxy) is 1. The summed E-state index contributed by atoms with van der Waals surface area (Å²) in [6.07, 6.45) is 0. The number of benzene rings is 3. The first-order valence-electron chi connectivity index (χ1n) is 8.74. The first-order chi connectivity index (χ1) is 13.6. The number of fused-ring (bicyclic) bond motifs is 1. The molecule has 0 aliphatic carbocycles. The summed E-state index contributed by atoms with van der Waals surface area (Å²) in [5.74, 6) is 0.813. The van der Waals surface area contributed by atoms with Crippen LogP contribution in [0, 0.1) is 6.92 Å². The molecule has 0 bridgehead atoms. The smallest absolute Gasteiger partial charge is 0.262 e. The number of aromatic nitrogens is 1. The number of carbonyl (C=O) groups excluding carboxylic acids is 1. The highest BCUT2D eigenvalue weighted by molar-refractivity contribution is 6.33. The Morgan fingerprint density at radius 2 is 1.89 bits per heavy atom. The summed E-state index contributed by atoms with van der Waals surface area (Å²) in [4.78, 5) is 16.7. The van der Waals surface area contributed by atoms with Crippen molar-refractivity contribution in [2.24, 2.45) is 0 Å². The third kappa shape index (κ3) is 3.85. The molecule has 0 spiro atoms. The SMILES string of the molecule is Cc1ccccc1OCC(=O)Nc1ccc(Cl)c(-c2nc3ccccc3o2)c1. The quantitative estimate of drug-likeness (QED) is 0.488. The van der Waals surface area contributed by atoms with E-state index in [2.05, 4.69) is 10.3 Å². The summed E-state index contributed by atoms with van der Waals surface area (Å²) in [6, 6.07) is 20.2. The van der Waals surface area contributed by atoms with Gasteiger partial charge in [0.05, 0.1) is 10.6 Å². The minimum atomic E-state index is -0.269.